The molecule has 0 amide bonds. The Morgan fingerprint density at radius 1 is 1.56 bits per heavy atom. The minimum atomic E-state index is -0.958. The second-order valence-electron chi connectivity index (χ2n) is 4.45. The topological polar surface area (TPSA) is 58.9 Å². The van der Waals surface area contributed by atoms with Crippen LogP contribution in [0, 0.1) is 5.92 Å². The fraction of sp³-hybridized carbons (Fsp3) is 0.429. The third-order valence-electron chi connectivity index (χ3n) is 3.31. The van der Waals surface area contributed by atoms with Crippen LogP contribution in [0.5, 0.6) is 0 Å². The number of carboxylic acid groups (broad SMARTS) is 1. The first-order chi connectivity index (χ1) is 8.72. The summed E-state index contributed by atoms with van der Waals surface area (Å²) in [5.41, 5.74) is 0.953. The second-order valence-corrected chi connectivity index (χ2v) is 4.45. The van der Waals surface area contributed by atoms with Crippen LogP contribution < -0.4 is 0 Å². The summed E-state index contributed by atoms with van der Waals surface area (Å²) in [6.45, 7) is 0. The highest BCUT2D eigenvalue weighted by molar-refractivity contribution is 5.89. The molecule has 1 heterocycles. The normalized spacial score (nSPS) is 29.4. The Morgan fingerprint density at radius 3 is 3.11 bits per heavy atom. The summed E-state index contributed by atoms with van der Waals surface area (Å²) in [5, 5.41) is 9.18. The minimum absolute atomic E-state index is 0.168. The van der Waals surface area contributed by atoms with Crippen LogP contribution in [0.1, 0.15) is 25.7 Å². The van der Waals surface area contributed by atoms with Gasteiger partial charge in [-0.25, -0.2) is 4.79 Å². The van der Waals surface area contributed by atoms with Gasteiger partial charge in [-0.05, 0) is 37.3 Å². The molecule has 1 aliphatic heterocycles. The number of aliphatic carboxylic acids is 1. The third kappa shape index (κ3) is 2.70. The Bertz CT molecular complexity index is 458. The highest BCUT2D eigenvalue weighted by atomic mass is 16.5. The van der Waals surface area contributed by atoms with E-state index in [1.165, 1.54) is 0 Å². The van der Waals surface area contributed by atoms with Crippen LogP contribution >= 0.6 is 0 Å². The monoisotopic (exact) mass is 247 g/mol. The first-order valence-electron chi connectivity index (χ1n) is 6.13. The van der Waals surface area contributed by atoms with E-state index in [1.54, 1.807) is 13.3 Å². The highest BCUT2D eigenvalue weighted by Crippen LogP contribution is 2.28. The number of allylic oxidation sites excluding steroid dienone is 5. The average molecular weight is 247 g/mol. The molecule has 1 atom stereocenters. The number of methoxy groups -OCH3 is 1. The summed E-state index contributed by atoms with van der Waals surface area (Å²) in [5.74, 6) is 0.273. The molecule has 1 unspecified atom stereocenters. The van der Waals surface area contributed by atoms with E-state index in [4.69, 9.17) is 4.74 Å². The van der Waals surface area contributed by atoms with Crippen molar-refractivity contribution in [3.05, 3.63) is 35.3 Å². The summed E-state index contributed by atoms with van der Waals surface area (Å²) in [6, 6.07) is 0. The highest BCUT2D eigenvalue weighted by Gasteiger charge is 2.19. The summed E-state index contributed by atoms with van der Waals surface area (Å²) < 4.78 is 5.40. The van der Waals surface area contributed by atoms with E-state index >= 15 is 0 Å². The van der Waals surface area contributed by atoms with Gasteiger partial charge < -0.3 is 9.84 Å². The van der Waals surface area contributed by atoms with Crippen molar-refractivity contribution in [2.45, 2.75) is 25.7 Å². The first kappa shape index (κ1) is 12.6. The number of carbonyl (C=O) groups is 1. The van der Waals surface area contributed by atoms with Crippen molar-refractivity contribution in [1.29, 1.82) is 0 Å². The van der Waals surface area contributed by atoms with Gasteiger partial charge >= 0.3 is 5.97 Å². The molecule has 2 bridgehead atoms. The van der Waals surface area contributed by atoms with Crippen molar-refractivity contribution in [2.24, 2.45) is 10.9 Å². The van der Waals surface area contributed by atoms with E-state index in [0.29, 0.717) is 0 Å². The van der Waals surface area contributed by atoms with Crippen LogP contribution in [0.15, 0.2) is 40.2 Å². The molecule has 2 aliphatic rings. The van der Waals surface area contributed by atoms with Gasteiger partial charge in [-0.2, -0.15) is 0 Å². The van der Waals surface area contributed by atoms with Crippen molar-refractivity contribution < 1.29 is 14.6 Å². The molecule has 0 aromatic heterocycles. The van der Waals surface area contributed by atoms with Crippen molar-refractivity contribution in [3.8, 4) is 0 Å². The van der Waals surface area contributed by atoms with E-state index in [-0.39, 0.29) is 11.6 Å². The maximum Gasteiger partial charge on any atom is 0.354 e. The predicted octanol–water partition coefficient (Wildman–Crippen LogP) is 2.69. The zero-order valence-electron chi connectivity index (χ0n) is 10.4. The van der Waals surface area contributed by atoms with Crippen LogP contribution in [0.3, 0.4) is 0 Å². The lowest BCUT2D eigenvalue weighted by atomic mass is 9.96. The van der Waals surface area contributed by atoms with Crippen LogP contribution in [0.4, 0.5) is 0 Å². The molecular weight excluding hydrogens is 230 g/mol. The molecule has 0 fully saturated rings. The number of rotatable bonds is 2. The number of carboxylic acids is 1. The van der Waals surface area contributed by atoms with Crippen LogP contribution in [-0.2, 0) is 9.53 Å². The number of nitrogens with zero attached hydrogens (tertiary/aromatic N) is 1. The summed E-state index contributed by atoms with van der Waals surface area (Å²) in [6.07, 6.45) is 10.7. The van der Waals surface area contributed by atoms with E-state index in [2.05, 4.69) is 4.99 Å². The minimum Gasteiger partial charge on any atom is -0.501 e. The van der Waals surface area contributed by atoms with Gasteiger partial charge in [0.05, 0.1) is 12.9 Å². The Morgan fingerprint density at radius 2 is 2.39 bits per heavy atom. The number of aliphatic imine (C=N–C) groups is 1. The molecule has 0 aromatic carbocycles. The third-order valence-corrected chi connectivity index (χ3v) is 3.31. The van der Waals surface area contributed by atoms with Crippen molar-refractivity contribution in [2.75, 3.05) is 7.11 Å². The molecule has 0 radical (unpaired) electrons. The van der Waals surface area contributed by atoms with E-state index in [0.717, 1.165) is 37.0 Å². The fourth-order valence-corrected chi connectivity index (χ4v) is 2.37. The lowest BCUT2D eigenvalue weighted by molar-refractivity contribution is -0.132. The molecule has 1 N–H and O–H groups in total. The van der Waals surface area contributed by atoms with Gasteiger partial charge in [0.15, 0.2) is 5.70 Å². The molecule has 0 saturated heterocycles. The van der Waals surface area contributed by atoms with Gasteiger partial charge in [0.1, 0.15) is 0 Å². The van der Waals surface area contributed by atoms with Crippen LogP contribution in [0.2, 0.25) is 0 Å². The van der Waals surface area contributed by atoms with Gasteiger partial charge in [0.25, 0.3) is 0 Å². The fourth-order valence-electron chi connectivity index (χ4n) is 2.37. The lowest BCUT2D eigenvalue weighted by Crippen LogP contribution is -2.07. The Kier molecular flexibility index (Phi) is 3.97. The zero-order valence-corrected chi connectivity index (χ0v) is 10.4. The van der Waals surface area contributed by atoms with Crippen LogP contribution in [0.25, 0.3) is 0 Å². The molecule has 4 nitrogen and oxygen atoms in total. The summed E-state index contributed by atoms with van der Waals surface area (Å²) >= 11 is 0. The SMILES string of the molecule is COC1=C/C=C\C2=C(/C(=O)O)N=CCC1CCC2. The van der Waals surface area contributed by atoms with Gasteiger partial charge in [-0.1, -0.05) is 12.2 Å². The van der Waals surface area contributed by atoms with Crippen LogP contribution in [-0.4, -0.2) is 24.4 Å². The first-order valence-corrected chi connectivity index (χ1v) is 6.13. The summed E-state index contributed by atoms with van der Waals surface area (Å²) in [4.78, 5) is 15.3. The molecule has 96 valence electrons. The number of hydrogen-bond donors (Lipinski definition) is 1. The molecule has 0 spiro atoms. The van der Waals surface area contributed by atoms with E-state index in [1.807, 2.05) is 18.2 Å². The summed E-state index contributed by atoms with van der Waals surface area (Å²) in [7, 11) is 1.67. The maximum absolute atomic E-state index is 11.2. The molecule has 2 rings (SSSR count). The van der Waals surface area contributed by atoms with Gasteiger partial charge in [-0.15, -0.1) is 0 Å². The smallest absolute Gasteiger partial charge is 0.354 e. The van der Waals surface area contributed by atoms with Crippen molar-refractivity contribution in [1.82, 2.24) is 0 Å². The number of hydrogen-bond acceptors (Lipinski definition) is 3. The number of ether oxygens (including phenoxy) is 1. The Labute approximate surface area is 106 Å². The largest absolute Gasteiger partial charge is 0.501 e. The van der Waals surface area contributed by atoms with Gasteiger partial charge in [0, 0.05) is 12.1 Å². The van der Waals surface area contributed by atoms with Crippen molar-refractivity contribution >= 4 is 12.2 Å². The Hall–Kier alpha value is -1.84. The van der Waals surface area contributed by atoms with Crippen molar-refractivity contribution in [3.63, 3.8) is 0 Å². The van der Waals surface area contributed by atoms with E-state index in [9.17, 15) is 9.90 Å². The number of fused-ring (bicyclic) bond motifs is 4. The van der Waals surface area contributed by atoms with Gasteiger partial charge in [0.2, 0.25) is 0 Å². The maximum atomic E-state index is 11.2. The van der Waals surface area contributed by atoms with E-state index < -0.39 is 5.97 Å². The molecular formula is C14H17NO3. The zero-order chi connectivity index (χ0) is 13.0. The average Bonchev–Trinajstić information content (AvgIpc) is 2.51. The lowest BCUT2D eigenvalue weighted by Gasteiger charge is -2.16. The standard InChI is InChI=1S/C14H17NO3/c1-18-12-7-3-6-11-5-2-4-10(12)8-9-15-13(11)14(16)17/h3,6-7,9-10H,2,4-5,8H2,1H3,(H,16,17)/b6-3-,12-7?,13-11+,15-9?. The quantitative estimate of drug-likeness (QED) is 0.816. The molecule has 0 saturated carbocycles. The van der Waals surface area contributed by atoms with Gasteiger partial charge in [-0.3, -0.25) is 4.99 Å². The Balaban J connectivity index is 2.47. The molecule has 4 heteroatoms. The predicted molar refractivity (Wildman–Crippen MR) is 69.3 cm³/mol. The molecule has 1 aliphatic carbocycles. The molecule has 0 aromatic rings. The second kappa shape index (κ2) is 5.67. The molecule has 18 heavy (non-hydrogen) atoms.